The minimum Gasteiger partial charge on any atom is -0.263 e. The summed E-state index contributed by atoms with van der Waals surface area (Å²) >= 11 is 0. The molecule has 0 spiro atoms. The van der Waals surface area contributed by atoms with Gasteiger partial charge in [-0.25, -0.2) is 0 Å². The molecule has 0 aromatic rings. The summed E-state index contributed by atoms with van der Waals surface area (Å²) in [5.41, 5.74) is 2.50. The van der Waals surface area contributed by atoms with E-state index in [4.69, 9.17) is 0 Å². The monoisotopic (exact) mass is 109 g/mol. The van der Waals surface area contributed by atoms with Gasteiger partial charge >= 0.3 is 0 Å². The summed E-state index contributed by atoms with van der Waals surface area (Å²) in [6.45, 7) is 4.19. The Bertz CT molecular complexity index is 142. The molecule has 0 aromatic heterocycles. The van der Waals surface area contributed by atoms with E-state index in [-0.39, 0.29) is 0 Å². The van der Waals surface area contributed by atoms with Crippen molar-refractivity contribution in [2.24, 2.45) is 4.99 Å². The van der Waals surface area contributed by atoms with Crippen molar-refractivity contribution in [3.63, 3.8) is 0 Å². The maximum absolute atomic E-state index is 4.28. The standard InChI is InChI=1S/C7H11N/c1-3-7-5-4-6(2)8-7/h4H,3,5H2,1-2H3. The summed E-state index contributed by atoms with van der Waals surface area (Å²) < 4.78 is 0. The summed E-state index contributed by atoms with van der Waals surface area (Å²) in [4.78, 5) is 4.28. The van der Waals surface area contributed by atoms with E-state index in [9.17, 15) is 0 Å². The summed E-state index contributed by atoms with van der Waals surface area (Å²) in [5.74, 6) is 0. The van der Waals surface area contributed by atoms with E-state index in [1.807, 2.05) is 6.92 Å². The minimum absolute atomic E-state index is 1.09. The zero-order valence-corrected chi connectivity index (χ0v) is 5.44. The third-order valence-electron chi connectivity index (χ3n) is 1.38. The fourth-order valence-corrected chi connectivity index (χ4v) is 0.830. The summed E-state index contributed by atoms with van der Waals surface area (Å²) in [6.07, 6.45) is 4.36. The first kappa shape index (κ1) is 5.54. The van der Waals surface area contributed by atoms with E-state index in [1.165, 1.54) is 11.4 Å². The Hall–Kier alpha value is -0.590. The molecule has 0 atom stereocenters. The summed E-state index contributed by atoms with van der Waals surface area (Å²) in [5, 5.41) is 0. The minimum atomic E-state index is 1.09. The van der Waals surface area contributed by atoms with E-state index in [2.05, 4.69) is 18.0 Å². The van der Waals surface area contributed by atoms with Gasteiger partial charge in [-0.05, 0) is 13.3 Å². The fraction of sp³-hybridized carbons (Fsp3) is 0.571. The highest BCUT2D eigenvalue weighted by Crippen LogP contribution is 2.10. The van der Waals surface area contributed by atoms with Crippen molar-refractivity contribution in [3.05, 3.63) is 11.8 Å². The predicted molar refractivity (Wildman–Crippen MR) is 36.1 cm³/mol. The van der Waals surface area contributed by atoms with Crippen molar-refractivity contribution in [1.29, 1.82) is 0 Å². The first-order valence-corrected chi connectivity index (χ1v) is 3.06. The van der Waals surface area contributed by atoms with Gasteiger partial charge in [0.25, 0.3) is 0 Å². The topological polar surface area (TPSA) is 12.4 Å². The average molecular weight is 109 g/mol. The molecular weight excluding hydrogens is 98.1 g/mol. The SMILES string of the molecule is CCC1=NC(C)=CC1. The van der Waals surface area contributed by atoms with Crippen molar-refractivity contribution in [2.45, 2.75) is 26.7 Å². The predicted octanol–water partition coefficient (Wildman–Crippen LogP) is 2.14. The van der Waals surface area contributed by atoms with Gasteiger partial charge in [0.1, 0.15) is 0 Å². The highest BCUT2D eigenvalue weighted by molar-refractivity contribution is 5.88. The maximum atomic E-state index is 4.28. The van der Waals surface area contributed by atoms with Crippen molar-refractivity contribution in [1.82, 2.24) is 0 Å². The second-order valence-electron chi connectivity index (χ2n) is 2.08. The molecule has 0 saturated heterocycles. The van der Waals surface area contributed by atoms with Gasteiger partial charge in [0.15, 0.2) is 0 Å². The Kier molecular flexibility index (Phi) is 1.47. The normalized spacial score (nSPS) is 18.2. The van der Waals surface area contributed by atoms with Crippen LogP contribution in [0.1, 0.15) is 26.7 Å². The molecule has 0 saturated carbocycles. The quantitative estimate of drug-likeness (QED) is 0.489. The molecule has 8 heavy (non-hydrogen) atoms. The lowest BCUT2D eigenvalue weighted by Crippen LogP contribution is -1.86. The molecule has 1 heterocycles. The van der Waals surface area contributed by atoms with Crippen LogP contribution in [0.3, 0.4) is 0 Å². The Balaban J connectivity index is 2.56. The number of allylic oxidation sites excluding steroid dienone is 2. The number of hydrogen-bond donors (Lipinski definition) is 0. The number of hydrogen-bond acceptors (Lipinski definition) is 1. The van der Waals surface area contributed by atoms with Crippen molar-refractivity contribution in [2.75, 3.05) is 0 Å². The molecule has 0 fully saturated rings. The van der Waals surface area contributed by atoms with Gasteiger partial charge < -0.3 is 0 Å². The van der Waals surface area contributed by atoms with Gasteiger partial charge in [-0.3, -0.25) is 4.99 Å². The maximum Gasteiger partial charge on any atom is 0.0336 e. The Morgan fingerprint density at radius 1 is 1.75 bits per heavy atom. The number of nitrogens with zero attached hydrogens (tertiary/aromatic N) is 1. The molecule has 1 heteroatoms. The van der Waals surface area contributed by atoms with Gasteiger partial charge in [0.05, 0.1) is 0 Å². The molecule has 1 rings (SSSR count). The molecule has 0 N–H and O–H groups in total. The van der Waals surface area contributed by atoms with E-state index < -0.39 is 0 Å². The van der Waals surface area contributed by atoms with Crippen LogP contribution in [0.5, 0.6) is 0 Å². The molecular formula is C7H11N. The lowest BCUT2D eigenvalue weighted by molar-refractivity contribution is 1.23. The van der Waals surface area contributed by atoms with Gasteiger partial charge in [0, 0.05) is 17.8 Å². The van der Waals surface area contributed by atoms with Crippen LogP contribution in [0.15, 0.2) is 16.8 Å². The molecule has 0 unspecified atom stereocenters. The van der Waals surface area contributed by atoms with Gasteiger partial charge in [0.2, 0.25) is 0 Å². The number of rotatable bonds is 1. The number of aliphatic imine (C=N–C) groups is 1. The second kappa shape index (κ2) is 2.12. The smallest absolute Gasteiger partial charge is 0.0336 e. The highest BCUT2D eigenvalue weighted by atomic mass is 14.8. The molecule has 0 radical (unpaired) electrons. The van der Waals surface area contributed by atoms with E-state index in [0.717, 1.165) is 12.8 Å². The van der Waals surface area contributed by atoms with Crippen molar-refractivity contribution < 1.29 is 0 Å². The lowest BCUT2D eigenvalue weighted by Gasteiger charge is -1.87. The van der Waals surface area contributed by atoms with Crippen molar-refractivity contribution >= 4 is 5.71 Å². The van der Waals surface area contributed by atoms with E-state index >= 15 is 0 Å². The zero-order chi connectivity index (χ0) is 5.98. The molecule has 0 bridgehead atoms. The molecule has 0 amide bonds. The van der Waals surface area contributed by atoms with Crippen LogP contribution < -0.4 is 0 Å². The van der Waals surface area contributed by atoms with Crippen LogP contribution in [-0.2, 0) is 0 Å². The summed E-state index contributed by atoms with van der Waals surface area (Å²) in [7, 11) is 0. The first-order valence-electron chi connectivity index (χ1n) is 3.06. The molecule has 1 aliphatic rings. The molecule has 0 aliphatic carbocycles. The van der Waals surface area contributed by atoms with Gasteiger partial charge in [-0.2, -0.15) is 0 Å². The van der Waals surface area contributed by atoms with Crippen LogP contribution in [0, 0.1) is 0 Å². The van der Waals surface area contributed by atoms with Crippen molar-refractivity contribution in [3.8, 4) is 0 Å². The Labute approximate surface area is 50.1 Å². The molecule has 44 valence electrons. The lowest BCUT2D eigenvalue weighted by atomic mass is 10.2. The fourth-order valence-electron chi connectivity index (χ4n) is 0.830. The molecule has 1 aliphatic heterocycles. The van der Waals surface area contributed by atoms with Gasteiger partial charge in [-0.15, -0.1) is 0 Å². The van der Waals surface area contributed by atoms with Crippen LogP contribution >= 0.6 is 0 Å². The third kappa shape index (κ3) is 0.971. The largest absolute Gasteiger partial charge is 0.263 e. The summed E-state index contributed by atoms with van der Waals surface area (Å²) in [6, 6.07) is 0. The van der Waals surface area contributed by atoms with Crippen LogP contribution in [-0.4, -0.2) is 5.71 Å². The van der Waals surface area contributed by atoms with E-state index in [1.54, 1.807) is 0 Å². The van der Waals surface area contributed by atoms with E-state index in [0.29, 0.717) is 0 Å². The van der Waals surface area contributed by atoms with Crippen LogP contribution in [0.2, 0.25) is 0 Å². The van der Waals surface area contributed by atoms with Crippen LogP contribution in [0.4, 0.5) is 0 Å². The first-order chi connectivity index (χ1) is 3.83. The third-order valence-corrected chi connectivity index (χ3v) is 1.38. The zero-order valence-electron chi connectivity index (χ0n) is 5.44. The van der Waals surface area contributed by atoms with Crippen LogP contribution in [0.25, 0.3) is 0 Å². The Morgan fingerprint density at radius 3 is 2.75 bits per heavy atom. The second-order valence-corrected chi connectivity index (χ2v) is 2.08. The molecule has 0 aromatic carbocycles. The highest BCUT2D eigenvalue weighted by Gasteiger charge is 2.00. The molecule has 1 nitrogen and oxygen atoms in total. The van der Waals surface area contributed by atoms with Gasteiger partial charge in [-0.1, -0.05) is 13.0 Å². The Morgan fingerprint density at radius 2 is 2.50 bits per heavy atom. The average Bonchev–Trinajstić information content (AvgIpc) is 2.14.